The molecule has 1 saturated carbocycles. The minimum atomic E-state index is 0.435. The van der Waals surface area contributed by atoms with Crippen molar-refractivity contribution in [1.82, 2.24) is 5.32 Å². The van der Waals surface area contributed by atoms with Gasteiger partial charge in [0.2, 0.25) is 0 Å². The van der Waals surface area contributed by atoms with E-state index in [9.17, 15) is 0 Å². The molecule has 0 bridgehead atoms. The molecule has 2 rings (SSSR count). The highest BCUT2D eigenvalue weighted by Crippen LogP contribution is 2.48. The van der Waals surface area contributed by atoms with Crippen molar-refractivity contribution in [2.24, 2.45) is 11.3 Å². The minimum Gasteiger partial charge on any atom is -0.494 e. The maximum absolute atomic E-state index is 5.57. The average molecular weight is 289 g/mol. The summed E-state index contributed by atoms with van der Waals surface area (Å²) in [5, 5.41) is 3.79. The molecule has 1 N–H and O–H groups in total. The third kappa shape index (κ3) is 4.00. The number of benzene rings is 1. The Labute approximate surface area is 130 Å². The monoisotopic (exact) mass is 289 g/mol. The van der Waals surface area contributed by atoms with E-state index in [4.69, 9.17) is 4.74 Å². The fourth-order valence-corrected chi connectivity index (χ4v) is 3.70. The van der Waals surface area contributed by atoms with E-state index in [2.05, 4.69) is 50.4 Å². The molecule has 1 aliphatic carbocycles. The Balaban J connectivity index is 2.18. The van der Waals surface area contributed by atoms with Crippen LogP contribution in [0.3, 0.4) is 0 Å². The molecule has 0 saturated heterocycles. The lowest BCUT2D eigenvalue weighted by Crippen LogP contribution is -2.34. The molecule has 0 aliphatic heterocycles. The van der Waals surface area contributed by atoms with Gasteiger partial charge in [-0.05, 0) is 61.8 Å². The molecule has 21 heavy (non-hydrogen) atoms. The second-order valence-electron chi connectivity index (χ2n) is 6.92. The fraction of sp³-hybridized carbons (Fsp3) is 0.684. The lowest BCUT2D eigenvalue weighted by molar-refractivity contribution is 0.197. The van der Waals surface area contributed by atoms with Gasteiger partial charge < -0.3 is 10.1 Å². The number of hydrogen-bond donors (Lipinski definition) is 1. The summed E-state index contributed by atoms with van der Waals surface area (Å²) in [5.74, 6) is 1.70. The Morgan fingerprint density at radius 3 is 2.48 bits per heavy atom. The molecule has 1 aromatic carbocycles. The van der Waals surface area contributed by atoms with Gasteiger partial charge in [-0.3, -0.25) is 0 Å². The third-order valence-corrected chi connectivity index (χ3v) is 4.91. The van der Waals surface area contributed by atoms with Crippen LogP contribution in [0.25, 0.3) is 0 Å². The van der Waals surface area contributed by atoms with Crippen LogP contribution >= 0.6 is 0 Å². The number of rotatable bonds is 7. The molecule has 0 radical (unpaired) electrons. The highest BCUT2D eigenvalue weighted by atomic mass is 16.5. The van der Waals surface area contributed by atoms with Crippen molar-refractivity contribution in [3.05, 3.63) is 29.8 Å². The molecule has 0 heterocycles. The van der Waals surface area contributed by atoms with Crippen LogP contribution in [-0.2, 0) is 0 Å². The Hall–Kier alpha value is -1.02. The van der Waals surface area contributed by atoms with E-state index >= 15 is 0 Å². The van der Waals surface area contributed by atoms with E-state index in [1.165, 1.54) is 31.2 Å². The first-order chi connectivity index (χ1) is 10.1. The summed E-state index contributed by atoms with van der Waals surface area (Å²) in [6.07, 6.45) is 5.22. The molecule has 1 aliphatic rings. The maximum Gasteiger partial charge on any atom is 0.119 e. The van der Waals surface area contributed by atoms with Crippen LogP contribution in [-0.4, -0.2) is 13.2 Å². The lowest BCUT2D eigenvalue weighted by Gasteiger charge is -2.35. The van der Waals surface area contributed by atoms with Crippen molar-refractivity contribution in [2.45, 2.75) is 59.4 Å². The van der Waals surface area contributed by atoms with E-state index < -0.39 is 0 Å². The largest absolute Gasteiger partial charge is 0.494 e. The van der Waals surface area contributed by atoms with Gasteiger partial charge in [-0.25, -0.2) is 0 Å². The summed E-state index contributed by atoms with van der Waals surface area (Å²) in [7, 11) is 0. The summed E-state index contributed by atoms with van der Waals surface area (Å²) in [5.41, 5.74) is 1.84. The first kappa shape index (κ1) is 16.4. The van der Waals surface area contributed by atoms with E-state index in [1.54, 1.807) is 0 Å². The second-order valence-corrected chi connectivity index (χ2v) is 6.92. The summed E-state index contributed by atoms with van der Waals surface area (Å²) >= 11 is 0. The van der Waals surface area contributed by atoms with Crippen molar-refractivity contribution in [1.29, 1.82) is 0 Å². The zero-order valence-electron chi connectivity index (χ0n) is 14.1. The van der Waals surface area contributed by atoms with E-state index in [0.29, 0.717) is 11.5 Å². The van der Waals surface area contributed by atoms with Gasteiger partial charge in [0.15, 0.2) is 0 Å². The van der Waals surface area contributed by atoms with Gasteiger partial charge in [0.25, 0.3) is 0 Å². The molecule has 1 aromatic rings. The van der Waals surface area contributed by atoms with Crippen molar-refractivity contribution in [3.8, 4) is 5.75 Å². The van der Waals surface area contributed by atoms with Gasteiger partial charge >= 0.3 is 0 Å². The molecule has 2 unspecified atom stereocenters. The average Bonchev–Trinajstić information content (AvgIpc) is 2.81. The Bertz CT molecular complexity index is 424. The number of nitrogens with one attached hydrogen (secondary N) is 1. The van der Waals surface area contributed by atoms with Crippen molar-refractivity contribution in [2.75, 3.05) is 13.2 Å². The Morgan fingerprint density at radius 2 is 1.95 bits per heavy atom. The van der Waals surface area contributed by atoms with Crippen molar-refractivity contribution in [3.63, 3.8) is 0 Å². The van der Waals surface area contributed by atoms with E-state index in [1.807, 2.05) is 6.92 Å². The first-order valence-electron chi connectivity index (χ1n) is 8.54. The number of hydrogen-bond acceptors (Lipinski definition) is 2. The van der Waals surface area contributed by atoms with Crippen LogP contribution in [0.2, 0.25) is 0 Å². The summed E-state index contributed by atoms with van der Waals surface area (Å²) in [4.78, 5) is 0. The quantitative estimate of drug-likeness (QED) is 0.766. The SMILES string of the molecule is CCCNC(c1ccc(OCC)cc1)C1CCCC1(C)C. The zero-order valence-corrected chi connectivity index (χ0v) is 14.1. The molecule has 0 aromatic heterocycles. The molecule has 2 heteroatoms. The van der Waals surface area contributed by atoms with Gasteiger partial charge in [0.05, 0.1) is 6.61 Å². The molecule has 2 nitrogen and oxygen atoms in total. The first-order valence-corrected chi connectivity index (χ1v) is 8.54. The lowest BCUT2D eigenvalue weighted by atomic mass is 9.75. The van der Waals surface area contributed by atoms with Crippen LogP contribution < -0.4 is 10.1 Å². The Morgan fingerprint density at radius 1 is 1.24 bits per heavy atom. The van der Waals surface area contributed by atoms with Gasteiger partial charge in [0, 0.05) is 6.04 Å². The summed E-state index contributed by atoms with van der Waals surface area (Å²) < 4.78 is 5.57. The smallest absolute Gasteiger partial charge is 0.119 e. The van der Waals surface area contributed by atoms with Crippen LogP contribution in [0.1, 0.15) is 65.0 Å². The van der Waals surface area contributed by atoms with E-state index in [-0.39, 0.29) is 0 Å². The second kappa shape index (κ2) is 7.31. The van der Waals surface area contributed by atoms with Crippen molar-refractivity contribution < 1.29 is 4.74 Å². The molecule has 1 fully saturated rings. The normalized spacial score (nSPS) is 22.2. The van der Waals surface area contributed by atoms with Gasteiger partial charge in [-0.2, -0.15) is 0 Å². The molecule has 2 atom stereocenters. The summed E-state index contributed by atoms with van der Waals surface area (Å²) in [6.45, 7) is 10.9. The van der Waals surface area contributed by atoms with E-state index in [0.717, 1.165) is 24.8 Å². The van der Waals surface area contributed by atoms with Crippen LogP contribution in [0.15, 0.2) is 24.3 Å². The van der Waals surface area contributed by atoms with Gasteiger partial charge in [-0.1, -0.05) is 39.3 Å². The fourth-order valence-electron chi connectivity index (χ4n) is 3.70. The Kier molecular flexibility index (Phi) is 5.69. The molecule has 0 amide bonds. The van der Waals surface area contributed by atoms with Crippen LogP contribution in [0.5, 0.6) is 5.75 Å². The van der Waals surface area contributed by atoms with Gasteiger partial charge in [0.1, 0.15) is 5.75 Å². The topological polar surface area (TPSA) is 21.3 Å². The predicted molar refractivity (Wildman–Crippen MR) is 89.8 cm³/mol. The van der Waals surface area contributed by atoms with Crippen LogP contribution in [0.4, 0.5) is 0 Å². The molecular formula is C19H31NO. The van der Waals surface area contributed by atoms with Gasteiger partial charge in [-0.15, -0.1) is 0 Å². The maximum atomic E-state index is 5.57. The highest BCUT2D eigenvalue weighted by molar-refractivity contribution is 5.30. The standard InChI is InChI=1S/C19H31NO/c1-5-14-20-18(17-8-7-13-19(17,3)4)15-9-11-16(12-10-15)21-6-2/h9-12,17-18,20H,5-8,13-14H2,1-4H3. The third-order valence-electron chi connectivity index (χ3n) is 4.91. The summed E-state index contributed by atoms with van der Waals surface area (Å²) in [6, 6.07) is 9.18. The highest BCUT2D eigenvalue weighted by Gasteiger charge is 2.39. The van der Waals surface area contributed by atoms with Crippen LogP contribution in [0, 0.1) is 11.3 Å². The van der Waals surface area contributed by atoms with Crippen molar-refractivity contribution >= 4 is 0 Å². The zero-order chi connectivity index (χ0) is 15.3. The number of ether oxygens (including phenoxy) is 1. The molecule has 0 spiro atoms. The molecular weight excluding hydrogens is 258 g/mol. The minimum absolute atomic E-state index is 0.435. The predicted octanol–water partition coefficient (Wildman–Crippen LogP) is 4.95. The molecule has 118 valence electrons.